The summed E-state index contributed by atoms with van der Waals surface area (Å²) in [6, 6.07) is 10.9. The van der Waals surface area contributed by atoms with E-state index in [0.717, 1.165) is 30.2 Å². The molecule has 0 bridgehead atoms. The normalized spacial score (nSPS) is 18.7. The number of rotatable bonds is 4. The molecule has 2 aromatic rings. The van der Waals surface area contributed by atoms with Gasteiger partial charge in [0.05, 0.1) is 5.52 Å². The van der Waals surface area contributed by atoms with Gasteiger partial charge < -0.3 is 10.6 Å². The lowest BCUT2D eigenvalue weighted by Gasteiger charge is -2.30. The third-order valence-corrected chi connectivity index (χ3v) is 5.38. The monoisotopic (exact) mass is 366 g/mol. The highest BCUT2D eigenvalue weighted by Gasteiger charge is 2.51. The van der Waals surface area contributed by atoms with E-state index in [1.807, 2.05) is 30.3 Å². The highest BCUT2D eigenvalue weighted by molar-refractivity contribution is 6.07. The van der Waals surface area contributed by atoms with Crippen molar-refractivity contribution in [1.29, 1.82) is 0 Å². The van der Waals surface area contributed by atoms with Gasteiger partial charge in [-0.1, -0.05) is 37.5 Å². The lowest BCUT2D eigenvalue weighted by Crippen LogP contribution is -2.48. The number of pyridine rings is 1. The van der Waals surface area contributed by atoms with Gasteiger partial charge in [-0.05, 0) is 31.0 Å². The molecular formula is C20H22N4O3. The number of carbonyl (C=O) groups excluding carboxylic acids is 3. The minimum atomic E-state index is -0.744. The summed E-state index contributed by atoms with van der Waals surface area (Å²) in [5.74, 6) is -0.00791. The SMILES string of the molecule is O=C(CCN1C(=O)NC2(CCCCC2)C1=O)Nc1ccc2ccccc2n1. The molecule has 4 rings (SSSR count). The molecule has 2 fully saturated rings. The van der Waals surface area contributed by atoms with Crippen LogP contribution in [0.25, 0.3) is 10.9 Å². The number of nitrogens with zero attached hydrogens (tertiary/aromatic N) is 2. The van der Waals surface area contributed by atoms with E-state index in [0.29, 0.717) is 18.7 Å². The lowest BCUT2D eigenvalue weighted by atomic mass is 9.82. The Morgan fingerprint density at radius 3 is 2.70 bits per heavy atom. The molecule has 4 amide bonds. The van der Waals surface area contributed by atoms with Crippen LogP contribution < -0.4 is 10.6 Å². The number of fused-ring (bicyclic) bond motifs is 1. The number of amides is 4. The number of para-hydroxylation sites is 1. The number of hydrogen-bond donors (Lipinski definition) is 2. The first kappa shape index (κ1) is 17.5. The second-order valence-corrected chi connectivity index (χ2v) is 7.22. The van der Waals surface area contributed by atoms with Gasteiger partial charge in [0.15, 0.2) is 0 Å². The zero-order valence-corrected chi connectivity index (χ0v) is 15.0. The van der Waals surface area contributed by atoms with E-state index in [1.165, 1.54) is 4.90 Å². The van der Waals surface area contributed by atoms with Gasteiger partial charge in [0.1, 0.15) is 11.4 Å². The van der Waals surface area contributed by atoms with Crippen molar-refractivity contribution >= 4 is 34.6 Å². The van der Waals surface area contributed by atoms with Crippen LogP contribution in [0.15, 0.2) is 36.4 Å². The molecule has 1 aliphatic heterocycles. The van der Waals surface area contributed by atoms with Crippen molar-refractivity contribution in [2.45, 2.75) is 44.1 Å². The van der Waals surface area contributed by atoms with Gasteiger partial charge in [0.25, 0.3) is 5.91 Å². The number of nitrogens with one attached hydrogen (secondary N) is 2. The van der Waals surface area contributed by atoms with E-state index in [-0.39, 0.29) is 24.8 Å². The van der Waals surface area contributed by atoms with Gasteiger partial charge in [0, 0.05) is 18.4 Å². The minimum absolute atomic E-state index is 0.0454. The highest BCUT2D eigenvalue weighted by Crippen LogP contribution is 2.33. The summed E-state index contributed by atoms with van der Waals surface area (Å²) in [5, 5.41) is 6.59. The Bertz CT molecular complexity index is 905. The molecule has 2 heterocycles. The first-order valence-electron chi connectivity index (χ1n) is 9.37. The van der Waals surface area contributed by atoms with Crippen LogP contribution in [-0.4, -0.2) is 39.8 Å². The van der Waals surface area contributed by atoms with Crippen LogP contribution in [0.1, 0.15) is 38.5 Å². The lowest BCUT2D eigenvalue weighted by molar-refractivity contribution is -0.132. The molecule has 2 N–H and O–H groups in total. The molecule has 0 unspecified atom stereocenters. The van der Waals surface area contributed by atoms with Crippen LogP contribution in [0, 0.1) is 0 Å². The van der Waals surface area contributed by atoms with Crippen molar-refractivity contribution in [2.24, 2.45) is 0 Å². The van der Waals surface area contributed by atoms with E-state index < -0.39 is 11.6 Å². The summed E-state index contributed by atoms with van der Waals surface area (Å²) in [4.78, 5) is 42.8. The molecule has 7 heteroatoms. The van der Waals surface area contributed by atoms with E-state index in [2.05, 4.69) is 15.6 Å². The number of benzene rings is 1. The fourth-order valence-corrected chi connectivity index (χ4v) is 3.93. The Morgan fingerprint density at radius 2 is 1.89 bits per heavy atom. The maximum Gasteiger partial charge on any atom is 0.325 e. The molecule has 140 valence electrons. The molecule has 0 atom stereocenters. The van der Waals surface area contributed by atoms with Gasteiger partial charge in [0.2, 0.25) is 5.91 Å². The van der Waals surface area contributed by atoms with Gasteiger partial charge in [-0.15, -0.1) is 0 Å². The van der Waals surface area contributed by atoms with Crippen LogP contribution in [0.2, 0.25) is 0 Å². The molecule has 7 nitrogen and oxygen atoms in total. The number of urea groups is 1. The van der Waals surface area contributed by atoms with Crippen molar-refractivity contribution in [3.8, 4) is 0 Å². The topological polar surface area (TPSA) is 91.4 Å². The van der Waals surface area contributed by atoms with Crippen LogP contribution in [0.3, 0.4) is 0 Å². The molecule has 1 aromatic carbocycles. The summed E-state index contributed by atoms with van der Waals surface area (Å²) in [6.07, 6.45) is 4.38. The van der Waals surface area contributed by atoms with Crippen molar-refractivity contribution in [3.63, 3.8) is 0 Å². The van der Waals surface area contributed by atoms with Crippen molar-refractivity contribution in [3.05, 3.63) is 36.4 Å². The number of anilines is 1. The predicted molar refractivity (Wildman–Crippen MR) is 101 cm³/mol. The van der Waals surface area contributed by atoms with E-state index in [1.54, 1.807) is 6.07 Å². The summed E-state index contributed by atoms with van der Waals surface area (Å²) in [6.45, 7) is 0.0752. The number of hydrogen-bond acceptors (Lipinski definition) is 4. The Kier molecular flexibility index (Phi) is 4.51. The number of imide groups is 1. The third kappa shape index (κ3) is 3.37. The van der Waals surface area contributed by atoms with Gasteiger partial charge in [-0.2, -0.15) is 0 Å². The average molecular weight is 366 g/mol. The highest BCUT2D eigenvalue weighted by atomic mass is 16.2. The van der Waals surface area contributed by atoms with E-state index >= 15 is 0 Å². The Labute approximate surface area is 157 Å². The number of carbonyl (C=O) groups is 3. The van der Waals surface area contributed by atoms with E-state index in [9.17, 15) is 14.4 Å². The molecule has 0 radical (unpaired) electrons. The summed E-state index contributed by atoms with van der Waals surface area (Å²) < 4.78 is 0. The first-order chi connectivity index (χ1) is 13.1. The standard InChI is InChI=1S/C20H22N4O3/c25-17(22-16-9-8-14-6-2-3-7-15(14)21-16)10-13-24-18(26)20(23-19(24)27)11-4-1-5-12-20/h2-3,6-9H,1,4-5,10-13H2,(H,23,27)(H,21,22,25). The summed E-state index contributed by atoms with van der Waals surface area (Å²) in [7, 11) is 0. The zero-order valence-electron chi connectivity index (χ0n) is 15.0. The van der Waals surface area contributed by atoms with Crippen molar-refractivity contribution in [2.75, 3.05) is 11.9 Å². The molecular weight excluding hydrogens is 344 g/mol. The first-order valence-corrected chi connectivity index (χ1v) is 9.37. The Morgan fingerprint density at radius 1 is 1.11 bits per heavy atom. The van der Waals surface area contributed by atoms with Gasteiger partial charge in [-0.25, -0.2) is 9.78 Å². The smallest absolute Gasteiger partial charge is 0.323 e. The largest absolute Gasteiger partial charge is 0.325 e. The van der Waals surface area contributed by atoms with Crippen molar-refractivity contribution < 1.29 is 14.4 Å². The van der Waals surface area contributed by atoms with E-state index in [4.69, 9.17) is 0 Å². The average Bonchev–Trinajstić information content (AvgIpc) is 2.90. The van der Waals surface area contributed by atoms with Crippen LogP contribution in [0.5, 0.6) is 0 Å². The predicted octanol–water partition coefficient (Wildman–Crippen LogP) is 2.82. The maximum atomic E-state index is 12.7. The summed E-state index contributed by atoms with van der Waals surface area (Å²) >= 11 is 0. The molecule has 1 aromatic heterocycles. The van der Waals surface area contributed by atoms with Gasteiger partial charge in [-0.3, -0.25) is 14.5 Å². The molecule has 1 saturated heterocycles. The number of aromatic nitrogens is 1. The quantitative estimate of drug-likeness (QED) is 0.814. The fourth-order valence-electron chi connectivity index (χ4n) is 3.93. The van der Waals surface area contributed by atoms with Gasteiger partial charge >= 0.3 is 6.03 Å². The molecule has 1 spiro atoms. The molecule has 1 saturated carbocycles. The second kappa shape index (κ2) is 6.98. The minimum Gasteiger partial charge on any atom is -0.323 e. The van der Waals surface area contributed by atoms with Crippen molar-refractivity contribution in [1.82, 2.24) is 15.2 Å². The molecule has 2 aliphatic rings. The van der Waals surface area contributed by atoms with Crippen LogP contribution >= 0.6 is 0 Å². The van der Waals surface area contributed by atoms with Crippen LogP contribution in [0.4, 0.5) is 10.6 Å². The molecule has 27 heavy (non-hydrogen) atoms. The molecule has 1 aliphatic carbocycles. The Balaban J connectivity index is 1.37. The Hall–Kier alpha value is -2.96. The maximum absolute atomic E-state index is 12.7. The fraction of sp³-hybridized carbons (Fsp3) is 0.400. The third-order valence-electron chi connectivity index (χ3n) is 5.38. The summed E-state index contributed by atoms with van der Waals surface area (Å²) in [5.41, 5.74) is 0.0507. The second-order valence-electron chi connectivity index (χ2n) is 7.22. The zero-order chi connectivity index (χ0) is 18.9. The van der Waals surface area contributed by atoms with Crippen LogP contribution in [-0.2, 0) is 9.59 Å².